The molecule has 0 aliphatic heterocycles. The van der Waals surface area contributed by atoms with E-state index in [9.17, 15) is 79.2 Å². The summed E-state index contributed by atoms with van der Waals surface area (Å²) in [5.41, 5.74) is -4.97. The molecule has 0 aliphatic carbocycles. The topological polar surface area (TPSA) is 481 Å². The molecule has 488 valence electrons. The minimum atomic E-state index is -2.07. The average molecular weight is 1390 g/mol. The summed E-state index contributed by atoms with van der Waals surface area (Å²) in [6, 6.07) is 2.87. The van der Waals surface area contributed by atoms with Gasteiger partial charge in [-0.1, -0.05) is 11.6 Å². The number of nitrogens with one attached hydrogen (secondary N) is 5. The molecule has 4 aromatic rings. The molecule has 4 rings (SSSR count). The van der Waals surface area contributed by atoms with Gasteiger partial charge in [-0.3, -0.25) is 43.0 Å². The molecule has 0 radical (unpaired) electrons. The number of carbonyl (C=O) groups excluding carboxylic acids is 5. The van der Waals surface area contributed by atoms with E-state index in [4.69, 9.17) is 29.2 Å². The Bertz CT molecular complexity index is 3010. The monoisotopic (exact) mass is 1390 g/mol. The van der Waals surface area contributed by atoms with Crippen molar-refractivity contribution in [3.8, 4) is 17.2 Å². The summed E-state index contributed by atoms with van der Waals surface area (Å²) < 4.78 is 25.3. The quantitative estimate of drug-likeness (QED) is 0.0130. The smallest absolute Gasteiger partial charge is 0.272 e. The number of aliphatic hydroxyl groups excluding tert-OH is 7. The first-order valence-corrected chi connectivity index (χ1v) is 27.5. The minimum Gasteiger partial charge on any atom is -0.512 e. The molecular formula is C54H77GdN11O22. The molecule has 0 spiro atoms. The molecule has 0 saturated carbocycles. The van der Waals surface area contributed by atoms with Gasteiger partial charge in [0.05, 0.1) is 18.8 Å². The first-order valence-electron chi connectivity index (χ1n) is 27.5. The predicted molar refractivity (Wildman–Crippen MR) is 302 cm³/mol. The van der Waals surface area contributed by atoms with Crippen LogP contribution in [0.5, 0.6) is 17.2 Å². The van der Waals surface area contributed by atoms with Gasteiger partial charge in [-0.05, 0) is 51.4 Å². The van der Waals surface area contributed by atoms with Crippen LogP contribution in [0.15, 0.2) is 82.4 Å². The molecule has 33 nitrogen and oxygen atoms in total. The van der Waals surface area contributed by atoms with Crippen LogP contribution in [-0.4, -0.2) is 186 Å². The predicted octanol–water partition coefficient (Wildman–Crippen LogP) is -2.00. The molecule has 0 fully saturated rings. The van der Waals surface area contributed by atoms with Gasteiger partial charge in [0, 0.05) is 141 Å². The number of amides is 5. The summed E-state index contributed by atoms with van der Waals surface area (Å²) in [4.78, 5) is 105. The largest absolute Gasteiger partial charge is 0.512 e. The summed E-state index contributed by atoms with van der Waals surface area (Å²) in [5.74, 6) is -6.25. The Kier molecular flexibility index (Phi) is 33.4. The molecule has 4 aromatic heterocycles. The molecule has 4 unspecified atom stereocenters. The minimum absolute atomic E-state index is 0. The molecule has 0 bridgehead atoms. The Morgan fingerprint density at radius 3 is 1.53 bits per heavy atom. The number of carbonyl (C=O) groups is 5. The molecule has 0 saturated heterocycles. The zero-order chi connectivity index (χ0) is 63.9. The second-order valence-electron chi connectivity index (χ2n) is 19.7. The molecule has 4 atom stereocenters. The number of aromatic hydroxyl groups is 3. The van der Waals surface area contributed by atoms with Gasteiger partial charge < -0.3 is 110 Å². The molecule has 4 heterocycles. The Morgan fingerprint density at radius 2 is 1.08 bits per heavy atom. The first-order chi connectivity index (χ1) is 41.7. The fraction of sp³-hybridized carbons (Fsp3) is 0.519. The summed E-state index contributed by atoms with van der Waals surface area (Å²) in [7, 11) is 1.53. The van der Waals surface area contributed by atoms with Crippen molar-refractivity contribution in [1.82, 2.24) is 55.3 Å². The fourth-order valence-electron chi connectivity index (χ4n) is 8.90. The van der Waals surface area contributed by atoms with E-state index in [1.807, 2.05) is 0 Å². The number of nitrogens with zero attached hydrogens (tertiary/aromatic N) is 6. The van der Waals surface area contributed by atoms with Crippen molar-refractivity contribution in [2.24, 2.45) is 0 Å². The molecule has 34 heteroatoms. The summed E-state index contributed by atoms with van der Waals surface area (Å²) in [6.45, 7) is -3.26. The number of unbranched alkanes of at least 4 members (excludes halogenated alkanes) is 2. The van der Waals surface area contributed by atoms with Crippen molar-refractivity contribution in [2.45, 2.75) is 134 Å². The number of ether oxygens (including phenoxy) is 4. The van der Waals surface area contributed by atoms with E-state index in [0.29, 0.717) is 50.4 Å². The number of hydrogen-bond acceptors (Lipinski definition) is 24. The van der Waals surface area contributed by atoms with Gasteiger partial charge >= 0.3 is 0 Å². The van der Waals surface area contributed by atoms with Crippen LogP contribution in [0.3, 0.4) is 0 Å². The third-order valence-electron chi connectivity index (χ3n) is 13.4. The standard InChI is InChI=1S/C54H77N11O22.Gd/c1-55-41(74)10-9-35-28-65(61-60-35)20-4-2-3-8-42(75)59-54(15-6-18-57-52(82)44-47(77)37(70)12-22-63(44)31-86-33-84-26-24-66,16-7-19-58-53(83)45-48(78)38(71)13-23-64(45)32-87-34-85-27-25-67)14-5-17-56-51(81)43-46(76)36(69)11-21-62(43)29-39(72)49(79)50(80)40(73)30-68;/h11-13,21-28,39-40,49-50,66-68,72-73,76-80H,2-10,14-20,29-34H2,1H3,(H,55,74)(H,56,81)(H,57,82)(H,58,83)(H,59,75);/b26-24+,27-25+;. The van der Waals surface area contributed by atoms with Crippen molar-refractivity contribution < 1.29 is 134 Å². The third kappa shape index (κ3) is 23.9. The van der Waals surface area contributed by atoms with Crippen molar-refractivity contribution in [3.63, 3.8) is 0 Å². The average Bonchev–Trinajstić information content (AvgIpc) is 2.94. The molecule has 0 aliphatic rings. The van der Waals surface area contributed by atoms with Crippen LogP contribution in [0.25, 0.3) is 0 Å². The maximum atomic E-state index is 14.2. The number of hydrogen-bond donors (Lipinski definition) is 15. The van der Waals surface area contributed by atoms with Gasteiger partial charge in [0.1, 0.15) is 62.9 Å². The van der Waals surface area contributed by atoms with E-state index >= 15 is 0 Å². The summed E-state index contributed by atoms with van der Waals surface area (Å²) in [6.07, 6.45) is 2.95. The van der Waals surface area contributed by atoms with Crippen molar-refractivity contribution in [2.75, 3.05) is 46.9 Å². The van der Waals surface area contributed by atoms with Gasteiger partial charge in [0.15, 0.2) is 47.9 Å². The number of aryl methyl sites for hydroxylation is 2. The van der Waals surface area contributed by atoms with Crippen molar-refractivity contribution >= 4 is 29.5 Å². The van der Waals surface area contributed by atoms with Gasteiger partial charge in [-0.25, -0.2) is 0 Å². The molecule has 0 aromatic carbocycles. The molecule has 88 heavy (non-hydrogen) atoms. The number of rotatable bonds is 41. The van der Waals surface area contributed by atoms with E-state index in [-0.39, 0.29) is 144 Å². The number of pyridine rings is 3. The van der Waals surface area contributed by atoms with Crippen LogP contribution in [0, 0.1) is 39.9 Å². The van der Waals surface area contributed by atoms with E-state index in [1.165, 1.54) is 19.4 Å². The zero-order valence-corrected chi connectivity index (χ0v) is 50.4. The van der Waals surface area contributed by atoms with Gasteiger partial charge in [0.2, 0.25) is 28.1 Å². The van der Waals surface area contributed by atoms with Gasteiger partial charge in [-0.15, -0.1) is 5.10 Å². The van der Waals surface area contributed by atoms with Crippen LogP contribution in [0.1, 0.15) is 108 Å². The van der Waals surface area contributed by atoms with Crippen LogP contribution in [-0.2, 0) is 61.5 Å². The van der Waals surface area contributed by atoms with Crippen LogP contribution in [0.2, 0.25) is 0 Å². The molecule has 15 N–H and O–H groups in total. The maximum Gasteiger partial charge on any atom is 0.272 e. The second kappa shape index (κ2) is 39.4. The van der Waals surface area contributed by atoms with E-state index in [1.54, 1.807) is 10.9 Å². The van der Waals surface area contributed by atoms with E-state index in [0.717, 1.165) is 50.6 Å². The van der Waals surface area contributed by atoms with Crippen LogP contribution >= 0.6 is 0 Å². The van der Waals surface area contributed by atoms with Crippen molar-refractivity contribution in [1.29, 1.82) is 0 Å². The van der Waals surface area contributed by atoms with Gasteiger partial charge in [0.25, 0.3) is 17.7 Å². The molecule has 5 amide bonds. The number of aromatic nitrogens is 6. The normalized spacial score (nSPS) is 12.8. The SMILES string of the molecule is CNC(=O)CCc1cn(CCCCCC(=O)NC(CCCNC(=O)c2c(O)c(=O)ccn2COCO/C=C/O)(CCCNC(=O)c2c(O)c(=O)ccn2COCO/C=C/O)CCCNC(=O)c2c(O)c(=O)ccn2CC(O)C(O)C(O)C(O)CO)nn1.[Gd]. The van der Waals surface area contributed by atoms with Crippen LogP contribution < -0.4 is 42.9 Å². The van der Waals surface area contributed by atoms with Gasteiger partial charge in [-0.2, -0.15) is 0 Å². The Balaban J connectivity index is 0.0000202. The van der Waals surface area contributed by atoms with E-state index in [2.05, 4.69) is 36.9 Å². The Labute approximate surface area is 534 Å². The maximum absolute atomic E-state index is 14.2. The van der Waals surface area contributed by atoms with E-state index < -0.39 is 117 Å². The third-order valence-corrected chi connectivity index (χ3v) is 13.4. The summed E-state index contributed by atoms with van der Waals surface area (Å²) in [5, 5.41) is 122. The Hall–Kier alpha value is -7.54. The summed E-state index contributed by atoms with van der Waals surface area (Å²) >= 11 is 0. The van der Waals surface area contributed by atoms with Crippen molar-refractivity contribution in [3.05, 3.63) is 121 Å². The Morgan fingerprint density at radius 1 is 0.625 bits per heavy atom. The first kappa shape index (κ1) is 74.7. The molecular weight excluding hydrogens is 1310 g/mol. The fourth-order valence-corrected chi connectivity index (χ4v) is 8.90. The second-order valence-corrected chi connectivity index (χ2v) is 19.7. The van der Waals surface area contributed by atoms with Crippen LogP contribution in [0.4, 0.5) is 0 Å². The zero-order valence-electron chi connectivity index (χ0n) is 48.1. The number of aliphatic hydroxyl groups is 7.